The fourth-order valence-corrected chi connectivity index (χ4v) is 2.71. The summed E-state index contributed by atoms with van der Waals surface area (Å²) in [6.45, 7) is 4.06. The number of aryl methyl sites for hydroxylation is 1. The van der Waals surface area contributed by atoms with Crippen molar-refractivity contribution in [2.45, 2.75) is 13.8 Å². The average Bonchev–Trinajstić information content (AvgIpc) is 3.05. The molecule has 0 aliphatic rings. The molecule has 0 bridgehead atoms. The smallest absolute Gasteiger partial charge is 0.168 e. The molecular formula is C15H12FN5. The number of nitrogens with zero attached hydrogens (tertiary/aromatic N) is 5. The molecule has 0 spiro atoms. The topological polar surface area (TPSA) is 48.0 Å². The van der Waals surface area contributed by atoms with E-state index < -0.39 is 0 Å². The van der Waals surface area contributed by atoms with Crippen LogP contribution in [-0.4, -0.2) is 24.1 Å². The number of rotatable bonds is 1. The van der Waals surface area contributed by atoms with Gasteiger partial charge in [-0.3, -0.25) is 4.57 Å². The summed E-state index contributed by atoms with van der Waals surface area (Å²) < 4.78 is 16.8. The van der Waals surface area contributed by atoms with E-state index in [1.807, 2.05) is 18.4 Å². The van der Waals surface area contributed by atoms with Crippen LogP contribution in [0.15, 0.2) is 36.9 Å². The highest BCUT2D eigenvalue weighted by atomic mass is 19.1. The molecule has 4 rings (SSSR count). The van der Waals surface area contributed by atoms with Crippen molar-refractivity contribution in [2.24, 2.45) is 0 Å². The highest BCUT2D eigenvalue weighted by molar-refractivity contribution is 5.94. The van der Waals surface area contributed by atoms with Crippen molar-refractivity contribution in [1.82, 2.24) is 24.1 Å². The van der Waals surface area contributed by atoms with E-state index in [0.29, 0.717) is 0 Å². The molecule has 0 aliphatic carbocycles. The lowest BCUT2D eigenvalue weighted by Crippen LogP contribution is -1.99. The van der Waals surface area contributed by atoms with Gasteiger partial charge in [0.1, 0.15) is 18.5 Å². The lowest BCUT2D eigenvalue weighted by molar-refractivity contribution is 0.627. The van der Waals surface area contributed by atoms with Crippen molar-refractivity contribution in [2.75, 3.05) is 0 Å². The lowest BCUT2D eigenvalue weighted by atomic mass is 10.2. The Morgan fingerprint density at radius 3 is 2.52 bits per heavy atom. The van der Waals surface area contributed by atoms with Gasteiger partial charge >= 0.3 is 0 Å². The van der Waals surface area contributed by atoms with Crippen LogP contribution in [0.3, 0.4) is 0 Å². The first-order valence-corrected chi connectivity index (χ1v) is 6.58. The summed E-state index contributed by atoms with van der Waals surface area (Å²) in [5.41, 5.74) is 4.61. The van der Waals surface area contributed by atoms with Gasteiger partial charge in [-0.05, 0) is 43.7 Å². The third-order valence-corrected chi connectivity index (χ3v) is 3.86. The minimum Gasteiger partial charge on any atom is -0.298 e. The molecule has 0 fully saturated rings. The summed E-state index contributed by atoms with van der Waals surface area (Å²) in [6.07, 6.45) is 3.16. The van der Waals surface area contributed by atoms with Crippen molar-refractivity contribution in [3.8, 4) is 5.69 Å². The second kappa shape index (κ2) is 4.12. The zero-order chi connectivity index (χ0) is 14.6. The van der Waals surface area contributed by atoms with Crippen LogP contribution in [0.5, 0.6) is 0 Å². The third kappa shape index (κ3) is 1.59. The predicted octanol–water partition coefficient (Wildman–Crippen LogP) is 2.82. The molecule has 1 aromatic carbocycles. The van der Waals surface area contributed by atoms with Crippen LogP contribution in [0, 0.1) is 19.7 Å². The molecule has 0 amide bonds. The molecule has 0 N–H and O–H groups in total. The maximum Gasteiger partial charge on any atom is 0.168 e. The number of aromatic nitrogens is 5. The molecule has 6 heteroatoms. The summed E-state index contributed by atoms with van der Waals surface area (Å²) in [5.74, 6) is -0.252. The zero-order valence-electron chi connectivity index (χ0n) is 11.6. The molecule has 0 unspecified atom stereocenters. The molecule has 3 heterocycles. The van der Waals surface area contributed by atoms with Crippen LogP contribution < -0.4 is 0 Å². The quantitative estimate of drug-likeness (QED) is 0.539. The average molecular weight is 281 g/mol. The first-order valence-electron chi connectivity index (χ1n) is 6.58. The number of fused-ring (bicyclic) bond motifs is 3. The van der Waals surface area contributed by atoms with Crippen molar-refractivity contribution in [1.29, 1.82) is 0 Å². The van der Waals surface area contributed by atoms with E-state index in [-0.39, 0.29) is 5.82 Å². The Kier molecular flexibility index (Phi) is 2.35. The Labute approximate surface area is 119 Å². The van der Waals surface area contributed by atoms with Crippen LogP contribution in [-0.2, 0) is 0 Å². The molecule has 3 aromatic heterocycles. The Morgan fingerprint density at radius 2 is 1.76 bits per heavy atom. The van der Waals surface area contributed by atoms with Gasteiger partial charge in [0, 0.05) is 11.4 Å². The van der Waals surface area contributed by atoms with Crippen molar-refractivity contribution in [3.63, 3.8) is 0 Å². The summed E-state index contributed by atoms with van der Waals surface area (Å²) in [4.78, 5) is 8.80. The molecule has 0 saturated carbocycles. The Hall–Kier alpha value is -2.76. The normalized spacial score (nSPS) is 11.6. The van der Waals surface area contributed by atoms with Crippen molar-refractivity contribution < 1.29 is 4.39 Å². The van der Waals surface area contributed by atoms with E-state index in [9.17, 15) is 4.39 Å². The van der Waals surface area contributed by atoms with Gasteiger partial charge in [0.2, 0.25) is 0 Å². The minimum atomic E-state index is -0.252. The largest absolute Gasteiger partial charge is 0.298 e. The molecule has 0 aliphatic heterocycles. The van der Waals surface area contributed by atoms with E-state index >= 15 is 0 Å². The van der Waals surface area contributed by atoms with E-state index in [4.69, 9.17) is 0 Å². The standard InChI is InChI=1S/C15H12FN5/c1-9-10(2)21(12-5-3-11(16)4-6-12)15-13(9)14-17-7-19-20(14)8-18-15/h3-8H,1-2H3. The molecule has 0 radical (unpaired) electrons. The van der Waals surface area contributed by atoms with Gasteiger partial charge in [0.25, 0.3) is 0 Å². The van der Waals surface area contributed by atoms with E-state index in [1.54, 1.807) is 23.0 Å². The predicted molar refractivity (Wildman–Crippen MR) is 77.0 cm³/mol. The van der Waals surface area contributed by atoms with Gasteiger partial charge in [-0.2, -0.15) is 5.10 Å². The first-order chi connectivity index (χ1) is 10.2. The number of hydrogen-bond donors (Lipinski definition) is 0. The zero-order valence-corrected chi connectivity index (χ0v) is 11.6. The van der Waals surface area contributed by atoms with Crippen LogP contribution in [0.4, 0.5) is 4.39 Å². The molecule has 4 aromatic rings. The summed E-state index contributed by atoms with van der Waals surface area (Å²) in [5, 5.41) is 5.09. The second-order valence-corrected chi connectivity index (χ2v) is 4.99. The molecule has 5 nitrogen and oxygen atoms in total. The maximum absolute atomic E-state index is 13.1. The highest BCUT2D eigenvalue weighted by Gasteiger charge is 2.17. The number of benzene rings is 1. The molecular weight excluding hydrogens is 269 g/mol. The number of hydrogen-bond acceptors (Lipinski definition) is 3. The number of halogens is 1. The second-order valence-electron chi connectivity index (χ2n) is 4.99. The fourth-order valence-electron chi connectivity index (χ4n) is 2.71. The third-order valence-electron chi connectivity index (χ3n) is 3.86. The van der Waals surface area contributed by atoms with E-state index in [1.165, 1.54) is 18.5 Å². The highest BCUT2D eigenvalue weighted by Crippen LogP contribution is 2.29. The first kappa shape index (κ1) is 12.0. The van der Waals surface area contributed by atoms with Gasteiger partial charge in [0.15, 0.2) is 11.3 Å². The monoisotopic (exact) mass is 281 g/mol. The van der Waals surface area contributed by atoms with Crippen LogP contribution in [0.1, 0.15) is 11.3 Å². The van der Waals surface area contributed by atoms with Crippen LogP contribution in [0.25, 0.3) is 22.4 Å². The Bertz CT molecular complexity index is 965. The Balaban J connectivity index is 2.14. The van der Waals surface area contributed by atoms with Gasteiger partial charge in [-0.25, -0.2) is 18.9 Å². The minimum absolute atomic E-state index is 0.252. The van der Waals surface area contributed by atoms with Gasteiger partial charge in [-0.15, -0.1) is 0 Å². The van der Waals surface area contributed by atoms with Gasteiger partial charge in [-0.1, -0.05) is 0 Å². The van der Waals surface area contributed by atoms with Gasteiger partial charge < -0.3 is 0 Å². The van der Waals surface area contributed by atoms with Crippen LogP contribution >= 0.6 is 0 Å². The maximum atomic E-state index is 13.1. The van der Waals surface area contributed by atoms with Crippen molar-refractivity contribution >= 4 is 16.7 Å². The Morgan fingerprint density at radius 1 is 1.00 bits per heavy atom. The lowest BCUT2D eigenvalue weighted by Gasteiger charge is -2.07. The van der Waals surface area contributed by atoms with E-state index in [0.717, 1.165) is 33.6 Å². The molecule has 104 valence electrons. The van der Waals surface area contributed by atoms with Crippen LogP contribution in [0.2, 0.25) is 0 Å². The summed E-state index contributed by atoms with van der Waals surface area (Å²) >= 11 is 0. The molecule has 0 atom stereocenters. The summed E-state index contributed by atoms with van der Waals surface area (Å²) in [7, 11) is 0. The molecule has 21 heavy (non-hydrogen) atoms. The molecule has 0 saturated heterocycles. The van der Waals surface area contributed by atoms with Crippen molar-refractivity contribution in [3.05, 3.63) is 54.0 Å². The van der Waals surface area contributed by atoms with Gasteiger partial charge in [0.05, 0.1) is 5.39 Å². The van der Waals surface area contributed by atoms with E-state index in [2.05, 4.69) is 15.1 Å². The summed E-state index contributed by atoms with van der Waals surface area (Å²) in [6, 6.07) is 6.39. The fraction of sp³-hybridized carbons (Fsp3) is 0.133. The SMILES string of the molecule is Cc1c(C)n(-c2ccc(F)cc2)c2ncn3ncnc3c12.